The molecule has 0 radical (unpaired) electrons. The number of carbonyl (C=O) groups is 2. The second kappa shape index (κ2) is 10.5. The van der Waals surface area contributed by atoms with E-state index in [0.29, 0.717) is 6.42 Å². The Morgan fingerprint density at radius 1 is 1.06 bits per heavy atom. The molecule has 2 aliphatic rings. The van der Waals surface area contributed by atoms with E-state index in [1.54, 1.807) is 18.2 Å². The van der Waals surface area contributed by atoms with Crippen LogP contribution in [-0.2, 0) is 29.6 Å². The molecule has 3 rings (SSSR count). The van der Waals surface area contributed by atoms with Crippen molar-refractivity contribution in [2.75, 3.05) is 25.9 Å². The number of amides is 2. The number of sulfonamides is 2. The molecule has 10 nitrogen and oxygen atoms in total. The lowest BCUT2D eigenvalue weighted by Crippen LogP contribution is -2.62. The average molecular weight is 501 g/mol. The molecule has 1 aromatic rings. The Morgan fingerprint density at radius 2 is 1.70 bits per heavy atom. The minimum atomic E-state index is -4.07. The Labute approximate surface area is 195 Å². The Balaban J connectivity index is 1.85. The molecule has 1 aliphatic heterocycles. The summed E-state index contributed by atoms with van der Waals surface area (Å²) in [6.45, 7) is -0.603. The van der Waals surface area contributed by atoms with Crippen molar-refractivity contribution in [3.05, 3.63) is 30.3 Å². The number of benzene rings is 1. The lowest BCUT2D eigenvalue weighted by atomic mass is 9.84. The van der Waals surface area contributed by atoms with E-state index in [1.807, 2.05) is 0 Å². The zero-order chi connectivity index (χ0) is 24.2. The standard InChI is InChI=1S/C21H32N4O6S2/c1-32(28,29)24-12-13-25(33(30,31)17-10-6-3-7-11-17)19(15-24)21(27)23-18(20(22)26)14-16-8-4-2-5-9-16/h3,6-7,10-11,16,18-19H,2,4-5,8-9,12-15H2,1H3,(H2,22,26)(H,23,27). The highest BCUT2D eigenvalue weighted by Crippen LogP contribution is 2.28. The van der Waals surface area contributed by atoms with Crippen molar-refractivity contribution in [1.82, 2.24) is 13.9 Å². The molecule has 1 saturated carbocycles. The third-order valence-electron chi connectivity index (χ3n) is 6.37. The monoisotopic (exact) mass is 500 g/mol. The third kappa shape index (κ3) is 6.31. The Morgan fingerprint density at radius 3 is 2.27 bits per heavy atom. The van der Waals surface area contributed by atoms with Crippen molar-refractivity contribution in [3.8, 4) is 0 Å². The van der Waals surface area contributed by atoms with E-state index in [9.17, 15) is 26.4 Å². The summed E-state index contributed by atoms with van der Waals surface area (Å²) in [7, 11) is -7.73. The minimum absolute atomic E-state index is 0.00395. The van der Waals surface area contributed by atoms with E-state index in [4.69, 9.17) is 5.73 Å². The van der Waals surface area contributed by atoms with Crippen molar-refractivity contribution in [2.24, 2.45) is 11.7 Å². The van der Waals surface area contributed by atoms with Crippen LogP contribution in [0.3, 0.4) is 0 Å². The van der Waals surface area contributed by atoms with Crippen molar-refractivity contribution >= 4 is 31.9 Å². The lowest BCUT2D eigenvalue weighted by Gasteiger charge is -2.39. The molecule has 2 unspecified atom stereocenters. The van der Waals surface area contributed by atoms with Crippen LogP contribution < -0.4 is 11.1 Å². The molecule has 2 atom stereocenters. The predicted octanol–water partition coefficient (Wildman–Crippen LogP) is 0.262. The van der Waals surface area contributed by atoms with Gasteiger partial charge in [-0.1, -0.05) is 50.3 Å². The SMILES string of the molecule is CS(=O)(=O)N1CCN(S(=O)(=O)c2ccccc2)C(C(=O)NC(CC2CCCCC2)C(N)=O)C1. The van der Waals surface area contributed by atoms with Crippen molar-refractivity contribution in [2.45, 2.75) is 55.5 Å². The molecule has 1 aliphatic carbocycles. The van der Waals surface area contributed by atoms with Crippen LogP contribution in [0.4, 0.5) is 0 Å². The quantitative estimate of drug-likeness (QED) is 0.523. The first-order valence-corrected chi connectivity index (χ1v) is 14.4. The normalized spacial score (nSPS) is 22.5. The van der Waals surface area contributed by atoms with Crippen LogP contribution in [0.15, 0.2) is 35.2 Å². The van der Waals surface area contributed by atoms with Crippen molar-refractivity contribution in [3.63, 3.8) is 0 Å². The summed E-state index contributed by atoms with van der Waals surface area (Å²) in [6, 6.07) is 5.38. The van der Waals surface area contributed by atoms with Gasteiger partial charge in [0.15, 0.2) is 0 Å². The van der Waals surface area contributed by atoms with E-state index < -0.39 is 43.9 Å². The van der Waals surface area contributed by atoms with Gasteiger partial charge in [-0.2, -0.15) is 8.61 Å². The second-order valence-electron chi connectivity index (χ2n) is 8.77. The second-order valence-corrected chi connectivity index (χ2v) is 12.6. The predicted molar refractivity (Wildman–Crippen MR) is 123 cm³/mol. The fourth-order valence-corrected chi connectivity index (χ4v) is 6.96. The van der Waals surface area contributed by atoms with Gasteiger partial charge in [-0.05, 0) is 24.5 Å². The highest BCUT2D eigenvalue weighted by Gasteiger charge is 2.43. The van der Waals surface area contributed by atoms with E-state index in [0.717, 1.165) is 47.0 Å². The number of nitrogens with one attached hydrogen (secondary N) is 1. The van der Waals surface area contributed by atoms with Crippen LogP contribution in [0.25, 0.3) is 0 Å². The number of hydrogen-bond acceptors (Lipinski definition) is 6. The van der Waals surface area contributed by atoms with Gasteiger partial charge in [0.05, 0.1) is 11.2 Å². The molecular formula is C21H32N4O6S2. The van der Waals surface area contributed by atoms with Gasteiger partial charge in [0.1, 0.15) is 12.1 Å². The Bertz CT molecular complexity index is 1060. The fourth-order valence-electron chi connectivity index (χ4n) is 4.54. The number of nitrogens with two attached hydrogens (primary N) is 1. The van der Waals surface area contributed by atoms with Crippen LogP contribution >= 0.6 is 0 Å². The summed E-state index contributed by atoms with van der Waals surface area (Å²) in [6.07, 6.45) is 6.53. The van der Waals surface area contributed by atoms with E-state index in [2.05, 4.69) is 5.32 Å². The first-order chi connectivity index (χ1) is 15.5. The van der Waals surface area contributed by atoms with Gasteiger partial charge in [0.2, 0.25) is 31.9 Å². The Hall–Kier alpha value is -2.02. The maximum absolute atomic E-state index is 13.3. The van der Waals surface area contributed by atoms with Crippen LogP contribution in [0.2, 0.25) is 0 Å². The summed E-state index contributed by atoms with van der Waals surface area (Å²) in [5, 5.41) is 2.62. The van der Waals surface area contributed by atoms with Crippen LogP contribution in [-0.4, -0.2) is 75.2 Å². The molecule has 0 bridgehead atoms. The first kappa shape index (κ1) is 25.6. The van der Waals surface area contributed by atoms with E-state index in [-0.39, 0.29) is 30.4 Å². The van der Waals surface area contributed by atoms with Crippen molar-refractivity contribution < 1.29 is 26.4 Å². The topological polar surface area (TPSA) is 147 Å². The molecule has 0 aromatic heterocycles. The molecule has 0 spiro atoms. The van der Waals surface area contributed by atoms with E-state index in [1.165, 1.54) is 12.1 Å². The number of rotatable bonds is 8. The summed E-state index contributed by atoms with van der Waals surface area (Å²) < 4.78 is 52.9. The van der Waals surface area contributed by atoms with Crippen LogP contribution in [0.5, 0.6) is 0 Å². The summed E-state index contributed by atoms with van der Waals surface area (Å²) in [5.74, 6) is -1.18. The van der Waals surface area contributed by atoms with Gasteiger partial charge in [0.25, 0.3) is 0 Å². The number of piperazine rings is 1. The summed E-state index contributed by atoms with van der Waals surface area (Å²) >= 11 is 0. The van der Waals surface area contributed by atoms with Gasteiger partial charge < -0.3 is 11.1 Å². The number of carbonyl (C=O) groups excluding carboxylic acids is 2. The molecule has 2 amide bonds. The molecule has 33 heavy (non-hydrogen) atoms. The molecule has 184 valence electrons. The minimum Gasteiger partial charge on any atom is -0.368 e. The van der Waals surface area contributed by atoms with Gasteiger partial charge in [-0.25, -0.2) is 16.8 Å². The van der Waals surface area contributed by atoms with Gasteiger partial charge in [-0.3, -0.25) is 9.59 Å². The van der Waals surface area contributed by atoms with Gasteiger partial charge >= 0.3 is 0 Å². The lowest BCUT2D eigenvalue weighted by molar-refractivity contribution is -0.131. The molecule has 1 saturated heterocycles. The summed E-state index contributed by atoms with van der Waals surface area (Å²) in [5.41, 5.74) is 5.55. The fraction of sp³-hybridized carbons (Fsp3) is 0.619. The maximum Gasteiger partial charge on any atom is 0.243 e. The molecule has 2 fully saturated rings. The van der Waals surface area contributed by atoms with Gasteiger partial charge in [0, 0.05) is 19.6 Å². The average Bonchev–Trinajstić information content (AvgIpc) is 2.78. The van der Waals surface area contributed by atoms with Crippen LogP contribution in [0, 0.1) is 5.92 Å². The number of hydrogen-bond donors (Lipinski definition) is 2. The molecule has 3 N–H and O–H groups in total. The molecule has 1 heterocycles. The third-order valence-corrected chi connectivity index (χ3v) is 9.56. The number of nitrogens with zero attached hydrogens (tertiary/aromatic N) is 2. The molecular weight excluding hydrogens is 468 g/mol. The van der Waals surface area contributed by atoms with Crippen LogP contribution in [0.1, 0.15) is 38.5 Å². The summed E-state index contributed by atoms with van der Waals surface area (Å²) in [4.78, 5) is 25.4. The smallest absolute Gasteiger partial charge is 0.243 e. The zero-order valence-corrected chi connectivity index (χ0v) is 20.4. The highest BCUT2D eigenvalue weighted by molar-refractivity contribution is 7.89. The molecule has 1 aromatic carbocycles. The highest BCUT2D eigenvalue weighted by atomic mass is 32.2. The largest absolute Gasteiger partial charge is 0.368 e. The Kier molecular flexibility index (Phi) is 8.14. The molecule has 12 heteroatoms. The zero-order valence-electron chi connectivity index (χ0n) is 18.7. The number of primary amides is 1. The van der Waals surface area contributed by atoms with E-state index >= 15 is 0 Å². The maximum atomic E-state index is 13.3. The van der Waals surface area contributed by atoms with Gasteiger partial charge in [-0.15, -0.1) is 0 Å². The first-order valence-electron chi connectivity index (χ1n) is 11.1. The van der Waals surface area contributed by atoms with Crippen molar-refractivity contribution in [1.29, 1.82) is 0 Å².